The minimum absolute atomic E-state index is 0.0284. The van der Waals surface area contributed by atoms with E-state index in [4.69, 9.17) is 0 Å². The zero-order valence-corrected chi connectivity index (χ0v) is 57.0. The summed E-state index contributed by atoms with van der Waals surface area (Å²) in [5.74, 6) is -1.68. The van der Waals surface area contributed by atoms with Crippen molar-refractivity contribution in [3.8, 4) is 90.2 Å². The van der Waals surface area contributed by atoms with Gasteiger partial charge in [0.2, 0.25) is 16.9 Å². The maximum absolute atomic E-state index is 14.9. The van der Waals surface area contributed by atoms with E-state index in [0.29, 0.717) is 67.3 Å². The van der Waals surface area contributed by atoms with E-state index in [1.807, 2.05) is 32.2 Å². The smallest absolute Gasteiger partial charge is 0.201 e. The zero-order chi connectivity index (χ0) is 69.6. The minimum Gasteiger partial charge on any atom is -0.508 e. The van der Waals surface area contributed by atoms with E-state index in [-0.39, 0.29) is 90.9 Å². The van der Waals surface area contributed by atoms with Gasteiger partial charge in [0, 0.05) is 84.6 Å². The van der Waals surface area contributed by atoms with Crippen LogP contribution in [0.3, 0.4) is 0 Å². The number of aromatic hydroxyl groups is 4. The standard InChI is InChI=1S/C25H27FN6O2.C23H28N8O.C22H25FN8O/c1-24(2)12-15(13-25(3,4)30-24)32-23-21(28-31-32)11-20(27-29-23)18-9-19(26)17(10-22(18)34)14-5-7-16(33)8-6-14;1-22(2)10-16(11-23(3,4)30(22)5)31-21-19(27-29-31)9-18(26-28-21)17-7-6-14(8-20(17)32)15-12-24-25-13-15;1-21(2)8-13(9-22(3,4)29-21)31-20-17(27-30-31)7-16(26-28-20)15-6-5-14(18(23)19(15)32)12-10-24-25-11-12/h5-11,15,30,33-34H,12-13H2,1-4H3;6-9,12-13,16,32H,10-11H2,1-5H3,(H,24,25);5-7,10-11,13,29,32H,8-9H2,1-4H3,(H,24,25). The van der Waals surface area contributed by atoms with Gasteiger partial charge in [0.1, 0.15) is 39.6 Å². The number of aromatic nitrogens is 19. The van der Waals surface area contributed by atoms with Crippen LogP contribution >= 0.6 is 0 Å². The summed E-state index contributed by atoms with van der Waals surface area (Å²) in [5, 5.41) is 114. The fourth-order valence-electron chi connectivity index (χ4n) is 15.1. The molecule has 4 aromatic carbocycles. The summed E-state index contributed by atoms with van der Waals surface area (Å²) in [6.45, 7) is 26.4. The second kappa shape index (κ2) is 24.6. The van der Waals surface area contributed by atoms with E-state index in [1.165, 1.54) is 30.5 Å². The molecule has 508 valence electrons. The van der Waals surface area contributed by atoms with Gasteiger partial charge in [0.25, 0.3) is 0 Å². The first kappa shape index (κ1) is 66.3. The number of halogens is 2. The number of piperidine rings is 3. The first-order valence-electron chi connectivity index (χ1n) is 32.5. The molecule has 0 aliphatic carbocycles. The number of benzene rings is 4. The lowest BCUT2D eigenvalue weighted by Crippen LogP contribution is -2.58. The van der Waals surface area contributed by atoms with Gasteiger partial charge in [-0.3, -0.25) is 15.1 Å². The van der Waals surface area contributed by atoms with Crippen molar-refractivity contribution in [1.29, 1.82) is 0 Å². The van der Waals surface area contributed by atoms with Crippen molar-refractivity contribution < 1.29 is 29.2 Å². The van der Waals surface area contributed by atoms with Gasteiger partial charge in [-0.15, -0.1) is 45.9 Å². The van der Waals surface area contributed by atoms with Crippen LogP contribution in [0, 0.1) is 11.6 Å². The number of rotatable bonds is 9. The number of hydrogen-bond acceptors (Lipinski definition) is 21. The van der Waals surface area contributed by atoms with Crippen molar-refractivity contribution in [3.05, 3.63) is 121 Å². The molecule has 3 saturated heterocycles. The molecule has 0 spiro atoms. The van der Waals surface area contributed by atoms with Crippen LogP contribution in [0.2, 0.25) is 0 Å². The van der Waals surface area contributed by atoms with Crippen LogP contribution in [-0.4, -0.2) is 162 Å². The minimum atomic E-state index is -0.742. The maximum Gasteiger partial charge on any atom is 0.201 e. The Morgan fingerprint density at radius 3 is 1.28 bits per heavy atom. The Bertz CT molecular complexity index is 4880. The maximum atomic E-state index is 14.9. The summed E-state index contributed by atoms with van der Waals surface area (Å²) < 4.78 is 35.4. The number of phenolic OH excluding ortho intramolecular Hbond substituents is 4. The molecule has 28 heteroatoms. The summed E-state index contributed by atoms with van der Waals surface area (Å²) in [7, 11) is 2.19. The van der Waals surface area contributed by atoms with Crippen molar-refractivity contribution in [3.63, 3.8) is 0 Å². The number of nitrogens with one attached hydrogen (secondary N) is 4. The molecule has 0 bridgehead atoms. The van der Waals surface area contributed by atoms with Crippen LogP contribution in [0.25, 0.3) is 101 Å². The Balaban J connectivity index is 0.000000132. The number of fused-ring (bicyclic) bond motifs is 3. The summed E-state index contributed by atoms with van der Waals surface area (Å²) in [6, 6.07) is 22.9. The summed E-state index contributed by atoms with van der Waals surface area (Å²) in [5.41, 5.74) is 8.91. The van der Waals surface area contributed by atoms with Gasteiger partial charge < -0.3 is 31.1 Å². The normalized spacial score (nSPS) is 18.3. The molecule has 15 rings (SSSR count). The third-order valence-electron chi connectivity index (χ3n) is 19.2. The van der Waals surface area contributed by atoms with Gasteiger partial charge in [-0.2, -0.15) is 10.2 Å². The monoisotopic (exact) mass is 1330 g/mol. The van der Waals surface area contributed by atoms with Crippen LogP contribution < -0.4 is 10.6 Å². The van der Waals surface area contributed by atoms with E-state index in [9.17, 15) is 29.2 Å². The van der Waals surface area contributed by atoms with Crippen molar-refractivity contribution in [1.82, 2.24) is 112 Å². The Hall–Kier alpha value is -10.3. The molecule has 0 amide bonds. The SMILES string of the molecule is CC1(C)CC(n2nnc3cc(-c4cc(F)c(-c5ccc(O)cc5)cc4O)nnc32)CC(C)(C)N1.CC1(C)CC(n2nnc3cc(-c4ccc(-c5cn[nH]c5)c(F)c4O)nnc32)CC(C)(C)N1.CN1C(C)(C)CC(n2nnc3cc(-c4ccc(-c5cn[nH]c5)cc4O)nnc32)CC1(C)C. The molecule has 8 N–H and O–H groups in total. The highest BCUT2D eigenvalue weighted by atomic mass is 19.1. The summed E-state index contributed by atoms with van der Waals surface area (Å²) in [6.07, 6.45) is 11.9. The lowest BCUT2D eigenvalue weighted by atomic mass is 9.77. The number of nitrogens with zero attached hydrogens (tertiary/aromatic N) is 18. The van der Waals surface area contributed by atoms with Gasteiger partial charge in [-0.1, -0.05) is 39.9 Å². The molecule has 3 fully saturated rings. The Kier molecular flexibility index (Phi) is 16.7. The molecule has 0 unspecified atom stereocenters. The van der Waals surface area contributed by atoms with Crippen LogP contribution in [0.15, 0.2) is 110 Å². The number of phenols is 4. The highest BCUT2D eigenvalue weighted by molar-refractivity contribution is 5.83. The van der Waals surface area contributed by atoms with Crippen molar-refractivity contribution in [2.45, 2.75) is 173 Å². The molecule has 3 aliphatic rings. The predicted octanol–water partition coefficient (Wildman–Crippen LogP) is 12.0. The van der Waals surface area contributed by atoms with Crippen molar-refractivity contribution in [2.75, 3.05) is 7.05 Å². The Morgan fingerprint density at radius 2 is 0.816 bits per heavy atom. The van der Waals surface area contributed by atoms with E-state index >= 15 is 0 Å². The summed E-state index contributed by atoms with van der Waals surface area (Å²) in [4.78, 5) is 2.44. The summed E-state index contributed by atoms with van der Waals surface area (Å²) >= 11 is 0. The number of hydrogen-bond donors (Lipinski definition) is 8. The zero-order valence-electron chi connectivity index (χ0n) is 57.0. The molecular weight excluding hydrogens is 1250 g/mol. The molecule has 8 aromatic heterocycles. The van der Waals surface area contributed by atoms with Gasteiger partial charge in [0.15, 0.2) is 11.6 Å². The van der Waals surface area contributed by atoms with Crippen LogP contribution in [0.4, 0.5) is 8.78 Å². The van der Waals surface area contributed by atoms with E-state index in [2.05, 4.69) is 188 Å². The molecular formula is C70H80F2N22O4. The largest absolute Gasteiger partial charge is 0.508 e. The van der Waals surface area contributed by atoms with Crippen LogP contribution in [0.1, 0.15) is 140 Å². The average molecular weight is 1330 g/mol. The fourth-order valence-corrected chi connectivity index (χ4v) is 15.1. The predicted molar refractivity (Wildman–Crippen MR) is 366 cm³/mol. The quantitative estimate of drug-likeness (QED) is 0.0665. The fraction of sp³-hybridized carbons (Fsp3) is 0.400. The number of H-pyrrole nitrogens is 2. The second-order valence-corrected chi connectivity index (χ2v) is 30.0. The highest BCUT2D eigenvalue weighted by Crippen LogP contribution is 2.45. The molecule has 3 aliphatic heterocycles. The van der Waals surface area contributed by atoms with Gasteiger partial charge in [-0.25, -0.2) is 22.8 Å². The Morgan fingerprint density at radius 1 is 0.408 bits per heavy atom. The van der Waals surface area contributed by atoms with E-state index < -0.39 is 17.4 Å². The lowest BCUT2D eigenvalue weighted by molar-refractivity contribution is -0.0280. The van der Waals surface area contributed by atoms with Crippen LogP contribution in [-0.2, 0) is 0 Å². The molecule has 0 atom stereocenters. The molecule has 11 heterocycles. The molecule has 0 saturated carbocycles. The lowest BCUT2D eigenvalue weighted by Gasteiger charge is -2.53. The van der Waals surface area contributed by atoms with Crippen LogP contribution in [0.5, 0.6) is 23.0 Å². The average Bonchev–Trinajstić information content (AvgIpc) is 1.36. The molecule has 98 heavy (non-hydrogen) atoms. The topological polar surface area (TPSA) is 335 Å². The van der Waals surface area contributed by atoms with E-state index in [0.717, 1.165) is 49.7 Å². The first-order chi connectivity index (χ1) is 46.3. The Labute approximate surface area is 563 Å². The second-order valence-electron chi connectivity index (χ2n) is 30.0. The third-order valence-corrected chi connectivity index (χ3v) is 19.2. The van der Waals surface area contributed by atoms with E-state index in [1.54, 1.807) is 61.1 Å². The number of aromatic amines is 2. The van der Waals surface area contributed by atoms with Crippen molar-refractivity contribution in [2.24, 2.45) is 0 Å². The highest BCUT2D eigenvalue weighted by Gasteiger charge is 2.45. The van der Waals surface area contributed by atoms with Gasteiger partial charge in [0.05, 0.1) is 47.6 Å². The molecule has 26 nitrogen and oxygen atoms in total. The van der Waals surface area contributed by atoms with Gasteiger partial charge >= 0.3 is 0 Å². The molecule has 12 aromatic rings. The third kappa shape index (κ3) is 13.2. The van der Waals surface area contributed by atoms with Gasteiger partial charge in [-0.05, 0) is 200 Å². The number of likely N-dealkylation sites (tertiary alicyclic amines) is 1. The molecule has 0 radical (unpaired) electrons. The van der Waals surface area contributed by atoms with Crippen molar-refractivity contribution >= 4 is 33.5 Å². The first-order valence-corrected chi connectivity index (χ1v) is 32.5.